The number of hydrogen-bond donors (Lipinski definition) is 1. The zero-order valence-electron chi connectivity index (χ0n) is 8.61. The van der Waals surface area contributed by atoms with Crippen LogP contribution in [0.5, 0.6) is 0 Å². The van der Waals surface area contributed by atoms with E-state index in [2.05, 4.69) is 10.2 Å². The molecule has 1 aromatic rings. The van der Waals surface area contributed by atoms with Crippen molar-refractivity contribution in [3.05, 3.63) is 16.3 Å². The second-order valence-corrected chi connectivity index (χ2v) is 2.69. The molecule has 0 unspecified atom stereocenters. The average Bonchev–Trinajstić information content (AvgIpc) is 2.48. The van der Waals surface area contributed by atoms with Crippen LogP contribution in [0, 0.1) is 0 Å². The molecule has 6 heteroatoms. The Bertz CT molecular complexity index is 325. The van der Waals surface area contributed by atoms with Crippen molar-refractivity contribution in [1.29, 1.82) is 0 Å². The quantitative estimate of drug-likeness (QED) is 0.690. The Morgan fingerprint density at radius 3 is 2.36 bits per heavy atom. The lowest BCUT2D eigenvalue weighted by Gasteiger charge is -2.14. The lowest BCUT2D eigenvalue weighted by molar-refractivity contribution is -0.146. The van der Waals surface area contributed by atoms with Gasteiger partial charge in [0, 0.05) is 20.3 Å². The normalized spacial score (nSPS) is 11.1. The number of nitrogens with zero attached hydrogens (tertiary/aromatic N) is 2. The van der Waals surface area contributed by atoms with Crippen molar-refractivity contribution in [3.8, 4) is 0 Å². The molecular weight excluding hydrogens is 186 g/mol. The van der Waals surface area contributed by atoms with Crippen LogP contribution in [-0.2, 0) is 16.5 Å². The van der Waals surface area contributed by atoms with E-state index >= 15 is 0 Å². The van der Waals surface area contributed by atoms with Gasteiger partial charge in [0.1, 0.15) is 0 Å². The molecule has 0 bridgehead atoms. The molecule has 0 saturated heterocycles. The molecule has 1 aromatic heterocycles. The number of ether oxygens (including phenoxy) is 2. The van der Waals surface area contributed by atoms with Gasteiger partial charge in [0.25, 0.3) is 0 Å². The number of H-pyrrole nitrogens is 1. The first kappa shape index (κ1) is 10.9. The summed E-state index contributed by atoms with van der Waals surface area (Å²) in [4.78, 5) is 11.1. The van der Waals surface area contributed by atoms with Crippen LogP contribution < -0.4 is 5.69 Å². The fourth-order valence-electron chi connectivity index (χ4n) is 1.07. The van der Waals surface area contributed by atoms with Crippen LogP contribution in [0.4, 0.5) is 0 Å². The maximum Gasteiger partial charge on any atom is 0.343 e. The Kier molecular flexibility index (Phi) is 3.84. The highest BCUT2D eigenvalue weighted by Gasteiger charge is 2.17. The van der Waals surface area contributed by atoms with E-state index in [1.165, 1.54) is 4.57 Å². The summed E-state index contributed by atoms with van der Waals surface area (Å²) in [5.41, 5.74) is -0.274. The Morgan fingerprint density at radius 1 is 1.43 bits per heavy atom. The lowest BCUT2D eigenvalue weighted by Crippen LogP contribution is -2.19. The first-order valence-corrected chi connectivity index (χ1v) is 4.55. The lowest BCUT2D eigenvalue weighted by atomic mass is 10.5. The number of aromatic nitrogens is 3. The molecule has 0 aromatic carbocycles. The SMILES string of the molecule is CCOC(OCC)c1n[nH]c(=O)n1C. The third kappa shape index (κ3) is 2.21. The van der Waals surface area contributed by atoms with Crippen LogP contribution >= 0.6 is 0 Å². The molecule has 0 amide bonds. The summed E-state index contributed by atoms with van der Waals surface area (Å²) in [5.74, 6) is 0.457. The van der Waals surface area contributed by atoms with Gasteiger partial charge in [-0.05, 0) is 13.8 Å². The van der Waals surface area contributed by atoms with Gasteiger partial charge < -0.3 is 9.47 Å². The second-order valence-electron chi connectivity index (χ2n) is 2.69. The molecule has 1 N–H and O–H groups in total. The highest BCUT2D eigenvalue weighted by molar-refractivity contribution is 4.86. The van der Waals surface area contributed by atoms with Gasteiger partial charge in [-0.3, -0.25) is 4.57 Å². The van der Waals surface area contributed by atoms with Gasteiger partial charge in [-0.1, -0.05) is 0 Å². The molecule has 0 radical (unpaired) electrons. The predicted octanol–water partition coefficient (Wildman–Crippen LogP) is 0.180. The van der Waals surface area contributed by atoms with E-state index in [0.717, 1.165) is 0 Å². The maximum atomic E-state index is 11.1. The van der Waals surface area contributed by atoms with Crippen molar-refractivity contribution >= 4 is 0 Å². The van der Waals surface area contributed by atoms with Crippen molar-refractivity contribution in [1.82, 2.24) is 14.8 Å². The van der Waals surface area contributed by atoms with E-state index in [1.807, 2.05) is 13.8 Å². The molecule has 0 saturated carbocycles. The summed E-state index contributed by atoms with van der Waals surface area (Å²) >= 11 is 0. The molecule has 0 aliphatic rings. The molecule has 6 nitrogen and oxygen atoms in total. The number of aromatic amines is 1. The molecule has 0 aliphatic carbocycles. The molecule has 0 aliphatic heterocycles. The van der Waals surface area contributed by atoms with Gasteiger partial charge in [0.15, 0.2) is 5.82 Å². The first-order valence-electron chi connectivity index (χ1n) is 4.55. The van der Waals surface area contributed by atoms with Gasteiger partial charge in [0.2, 0.25) is 6.29 Å². The minimum Gasteiger partial charge on any atom is -0.346 e. The van der Waals surface area contributed by atoms with Crippen LogP contribution in [0.15, 0.2) is 4.79 Å². The summed E-state index contributed by atoms with van der Waals surface area (Å²) in [6.45, 7) is 4.73. The summed E-state index contributed by atoms with van der Waals surface area (Å²) in [6, 6.07) is 0. The minimum absolute atomic E-state index is 0.274. The maximum absolute atomic E-state index is 11.1. The monoisotopic (exact) mass is 201 g/mol. The largest absolute Gasteiger partial charge is 0.346 e. The topological polar surface area (TPSA) is 69.1 Å². The Labute approximate surface area is 81.8 Å². The summed E-state index contributed by atoms with van der Waals surface area (Å²) in [5, 5.41) is 6.16. The Hall–Kier alpha value is -1.14. The highest BCUT2D eigenvalue weighted by atomic mass is 16.7. The first-order chi connectivity index (χ1) is 6.70. The van der Waals surface area contributed by atoms with Crippen molar-refractivity contribution < 1.29 is 9.47 Å². The number of rotatable bonds is 5. The second kappa shape index (κ2) is 4.92. The van der Waals surface area contributed by atoms with E-state index in [-0.39, 0.29) is 5.69 Å². The van der Waals surface area contributed by atoms with Crippen molar-refractivity contribution in [3.63, 3.8) is 0 Å². The van der Waals surface area contributed by atoms with Crippen molar-refractivity contribution in [2.45, 2.75) is 20.1 Å². The molecule has 0 fully saturated rings. The zero-order chi connectivity index (χ0) is 10.6. The molecule has 1 rings (SSSR count). The van der Waals surface area contributed by atoms with Gasteiger partial charge in [0.05, 0.1) is 0 Å². The minimum atomic E-state index is -0.575. The van der Waals surface area contributed by atoms with Gasteiger partial charge in [-0.15, -0.1) is 0 Å². The Balaban J connectivity index is 2.86. The Morgan fingerprint density at radius 2 is 2.00 bits per heavy atom. The zero-order valence-corrected chi connectivity index (χ0v) is 8.61. The van der Waals surface area contributed by atoms with Crippen LogP contribution in [-0.4, -0.2) is 28.0 Å². The smallest absolute Gasteiger partial charge is 0.343 e. The number of nitrogens with one attached hydrogen (secondary N) is 1. The molecule has 14 heavy (non-hydrogen) atoms. The summed E-state index contributed by atoms with van der Waals surface area (Å²) in [7, 11) is 1.62. The van der Waals surface area contributed by atoms with Gasteiger partial charge in [-0.2, -0.15) is 5.10 Å². The fourth-order valence-corrected chi connectivity index (χ4v) is 1.07. The van der Waals surface area contributed by atoms with E-state index in [4.69, 9.17) is 9.47 Å². The van der Waals surface area contributed by atoms with Crippen LogP contribution in [0.25, 0.3) is 0 Å². The van der Waals surface area contributed by atoms with Gasteiger partial charge >= 0.3 is 5.69 Å². The van der Waals surface area contributed by atoms with Crippen molar-refractivity contribution in [2.24, 2.45) is 7.05 Å². The third-order valence-electron chi connectivity index (χ3n) is 1.76. The van der Waals surface area contributed by atoms with Gasteiger partial charge in [-0.25, -0.2) is 9.89 Å². The van der Waals surface area contributed by atoms with E-state index in [0.29, 0.717) is 19.0 Å². The fraction of sp³-hybridized carbons (Fsp3) is 0.750. The van der Waals surface area contributed by atoms with E-state index in [9.17, 15) is 4.79 Å². The predicted molar refractivity (Wildman–Crippen MR) is 49.8 cm³/mol. The molecular formula is C8H15N3O3. The molecule has 1 heterocycles. The van der Waals surface area contributed by atoms with E-state index in [1.54, 1.807) is 7.05 Å². The number of hydrogen-bond acceptors (Lipinski definition) is 4. The summed E-state index contributed by atoms with van der Waals surface area (Å²) in [6.07, 6.45) is -0.575. The highest BCUT2D eigenvalue weighted by Crippen LogP contribution is 2.13. The molecule has 80 valence electrons. The van der Waals surface area contributed by atoms with E-state index < -0.39 is 6.29 Å². The van der Waals surface area contributed by atoms with Crippen LogP contribution in [0.2, 0.25) is 0 Å². The van der Waals surface area contributed by atoms with Crippen LogP contribution in [0.1, 0.15) is 26.0 Å². The molecule has 0 atom stereocenters. The third-order valence-corrected chi connectivity index (χ3v) is 1.76. The van der Waals surface area contributed by atoms with Crippen molar-refractivity contribution in [2.75, 3.05) is 13.2 Å². The standard InChI is InChI=1S/C8H15N3O3/c1-4-13-7(14-5-2)6-9-10-8(12)11(6)3/h7H,4-5H2,1-3H3,(H,10,12). The summed E-state index contributed by atoms with van der Waals surface area (Å²) < 4.78 is 12.0. The molecule has 0 spiro atoms. The average molecular weight is 201 g/mol. The van der Waals surface area contributed by atoms with Crippen LogP contribution in [0.3, 0.4) is 0 Å².